The average Bonchev–Trinajstić information content (AvgIpc) is 2.58. The van der Waals surface area contributed by atoms with Crippen LogP contribution in [0.3, 0.4) is 0 Å². The minimum absolute atomic E-state index is 0.0947. The molecule has 0 aliphatic heterocycles. The van der Waals surface area contributed by atoms with Gasteiger partial charge in [0, 0.05) is 0 Å². The van der Waals surface area contributed by atoms with Crippen LogP contribution < -0.4 is 4.74 Å². The number of phenols is 2. The summed E-state index contributed by atoms with van der Waals surface area (Å²) in [5.41, 5.74) is 1.01. The second-order valence-electron chi connectivity index (χ2n) is 6.70. The minimum atomic E-state index is -0.105. The lowest BCUT2D eigenvalue weighted by atomic mass is 10.0. The van der Waals surface area contributed by atoms with Crippen LogP contribution in [-0.2, 0) is 6.42 Å². The lowest BCUT2D eigenvalue weighted by Crippen LogP contribution is -2.01. The summed E-state index contributed by atoms with van der Waals surface area (Å²) in [6.45, 7) is 5.04. The average molecular weight is 337 g/mol. The Morgan fingerprint density at radius 2 is 1.33 bits per heavy atom. The Balaban J connectivity index is 2.43. The summed E-state index contributed by atoms with van der Waals surface area (Å²) in [5, 5.41) is 19.9. The molecule has 0 saturated heterocycles. The van der Waals surface area contributed by atoms with Gasteiger partial charge in [0.2, 0.25) is 5.75 Å². The van der Waals surface area contributed by atoms with Gasteiger partial charge < -0.3 is 14.9 Å². The Hall–Kier alpha value is -1.38. The number of aryl methyl sites for hydroxylation is 1. The molecule has 0 saturated carbocycles. The molecule has 1 aromatic rings. The molecular formula is C21H36O3. The van der Waals surface area contributed by atoms with Crippen LogP contribution in [0, 0.1) is 0 Å². The van der Waals surface area contributed by atoms with E-state index in [0.29, 0.717) is 12.4 Å². The van der Waals surface area contributed by atoms with Crippen molar-refractivity contribution in [2.75, 3.05) is 6.61 Å². The van der Waals surface area contributed by atoms with E-state index in [2.05, 4.69) is 13.8 Å². The number of hydrogen-bond donors (Lipinski definition) is 2. The van der Waals surface area contributed by atoms with Gasteiger partial charge in [0.1, 0.15) is 0 Å². The van der Waals surface area contributed by atoms with Crippen molar-refractivity contribution >= 4 is 0 Å². The fourth-order valence-corrected chi connectivity index (χ4v) is 2.94. The molecule has 1 aromatic carbocycles. The monoisotopic (exact) mass is 336 g/mol. The number of unbranched alkanes of at least 4 members (excludes halogenated alkanes) is 9. The molecule has 3 heteroatoms. The zero-order valence-electron chi connectivity index (χ0n) is 15.6. The Morgan fingerprint density at radius 1 is 0.750 bits per heavy atom. The Bertz CT molecular complexity index is 443. The van der Waals surface area contributed by atoms with Crippen molar-refractivity contribution in [1.82, 2.24) is 0 Å². The molecular weight excluding hydrogens is 300 g/mol. The summed E-state index contributed by atoms with van der Waals surface area (Å²) < 4.78 is 5.82. The fourth-order valence-electron chi connectivity index (χ4n) is 2.94. The summed E-state index contributed by atoms with van der Waals surface area (Å²) in [5.74, 6) is 0.286. The topological polar surface area (TPSA) is 49.7 Å². The molecule has 0 fully saturated rings. The number of aromatic hydroxyl groups is 2. The molecule has 0 amide bonds. The quantitative estimate of drug-likeness (QED) is 0.307. The third-order valence-corrected chi connectivity index (χ3v) is 4.49. The fraction of sp³-hybridized carbons (Fsp3) is 0.714. The summed E-state index contributed by atoms with van der Waals surface area (Å²) in [6, 6.07) is 3.44. The van der Waals surface area contributed by atoms with Crippen molar-refractivity contribution in [3.05, 3.63) is 17.7 Å². The van der Waals surface area contributed by atoms with Crippen LogP contribution in [0.15, 0.2) is 12.1 Å². The Morgan fingerprint density at radius 3 is 2.00 bits per heavy atom. The molecule has 0 aromatic heterocycles. The van der Waals surface area contributed by atoms with Gasteiger partial charge in [-0.25, -0.2) is 0 Å². The van der Waals surface area contributed by atoms with Crippen LogP contribution >= 0.6 is 0 Å². The predicted molar refractivity (Wildman–Crippen MR) is 101 cm³/mol. The third kappa shape index (κ3) is 7.94. The van der Waals surface area contributed by atoms with E-state index in [9.17, 15) is 10.2 Å². The molecule has 24 heavy (non-hydrogen) atoms. The van der Waals surface area contributed by atoms with Crippen molar-refractivity contribution in [3.8, 4) is 17.2 Å². The normalized spacial score (nSPS) is 10.9. The summed E-state index contributed by atoms with van der Waals surface area (Å²) in [6.07, 6.45) is 14.2. The number of rotatable bonds is 14. The first-order chi connectivity index (χ1) is 11.7. The summed E-state index contributed by atoms with van der Waals surface area (Å²) in [7, 11) is 0. The first kappa shape index (κ1) is 20.7. The molecule has 1 rings (SSSR count). The molecule has 0 aliphatic rings. The molecule has 0 radical (unpaired) electrons. The van der Waals surface area contributed by atoms with E-state index in [-0.39, 0.29) is 11.5 Å². The van der Waals surface area contributed by atoms with Gasteiger partial charge in [0.05, 0.1) is 6.61 Å². The van der Waals surface area contributed by atoms with Gasteiger partial charge in [-0.1, -0.05) is 77.7 Å². The lowest BCUT2D eigenvalue weighted by molar-refractivity contribution is 0.280. The van der Waals surface area contributed by atoms with Crippen LogP contribution in [0.2, 0.25) is 0 Å². The molecule has 2 N–H and O–H groups in total. The van der Waals surface area contributed by atoms with Crippen LogP contribution in [0.25, 0.3) is 0 Å². The molecule has 0 spiro atoms. The maximum absolute atomic E-state index is 10.1. The van der Waals surface area contributed by atoms with Gasteiger partial charge in [0.15, 0.2) is 11.5 Å². The first-order valence-corrected chi connectivity index (χ1v) is 9.87. The van der Waals surface area contributed by atoms with Crippen molar-refractivity contribution in [3.63, 3.8) is 0 Å². The lowest BCUT2D eigenvalue weighted by Gasteiger charge is -2.14. The van der Waals surface area contributed by atoms with Crippen molar-refractivity contribution in [2.24, 2.45) is 0 Å². The number of benzene rings is 1. The minimum Gasteiger partial charge on any atom is -0.504 e. The zero-order chi connectivity index (χ0) is 17.6. The van der Waals surface area contributed by atoms with E-state index in [1.165, 1.54) is 51.4 Å². The Labute approximate surface area is 148 Å². The van der Waals surface area contributed by atoms with Gasteiger partial charge in [0.25, 0.3) is 0 Å². The molecule has 0 aliphatic carbocycles. The van der Waals surface area contributed by atoms with E-state index < -0.39 is 0 Å². The number of ether oxygens (including phenoxy) is 1. The van der Waals surface area contributed by atoms with Crippen molar-refractivity contribution < 1.29 is 14.9 Å². The van der Waals surface area contributed by atoms with Crippen LogP contribution in [-0.4, -0.2) is 16.8 Å². The largest absolute Gasteiger partial charge is 0.504 e. The van der Waals surface area contributed by atoms with Crippen LogP contribution in [0.5, 0.6) is 17.2 Å². The maximum atomic E-state index is 10.1. The van der Waals surface area contributed by atoms with Crippen LogP contribution in [0.4, 0.5) is 0 Å². The van der Waals surface area contributed by atoms with E-state index in [1.807, 2.05) is 6.07 Å². The highest BCUT2D eigenvalue weighted by atomic mass is 16.5. The molecule has 0 unspecified atom stereocenters. The van der Waals surface area contributed by atoms with E-state index in [1.54, 1.807) is 6.07 Å². The zero-order valence-corrected chi connectivity index (χ0v) is 15.6. The van der Waals surface area contributed by atoms with Gasteiger partial charge in [-0.3, -0.25) is 0 Å². The number of phenolic OH excluding ortho intramolecular Hbond substituents is 2. The molecule has 0 atom stereocenters. The highest BCUT2D eigenvalue weighted by Crippen LogP contribution is 2.39. The second kappa shape index (κ2) is 13.0. The van der Waals surface area contributed by atoms with Crippen molar-refractivity contribution in [1.29, 1.82) is 0 Å². The highest BCUT2D eigenvalue weighted by molar-refractivity contribution is 5.54. The van der Waals surface area contributed by atoms with Gasteiger partial charge >= 0.3 is 0 Å². The van der Waals surface area contributed by atoms with Crippen LogP contribution in [0.1, 0.15) is 90.0 Å². The third-order valence-electron chi connectivity index (χ3n) is 4.49. The van der Waals surface area contributed by atoms with Crippen molar-refractivity contribution in [2.45, 2.75) is 90.9 Å². The van der Waals surface area contributed by atoms with E-state index in [0.717, 1.165) is 31.2 Å². The molecule has 0 bridgehead atoms. The summed E-state index contributed by atoms with van der Waals surface area (Å²) >= 11 is 0. The van der Waals surface area contributed by atoms with Gasteiger partial charge in [-0.05, 0) is 30.9 Å². The second-order valence-corrected chi connectivity index (χ2v) is 6.70. The predicted octanol–water partition coefficient (Wildman–Crippen LogP) is 6.35. The molecule has 138 valence electrons. The van der Waals surface area contributed by atoms with E-state index in [4.69, 9.17) is 4.74 Å². The first-order valence-electron chi connectivity index (χ1n) is 9.87. The standard InChI is InChI=1S/C21H36O3/c1-3-5-7-9-11-13-17-24-21-18(14-12-10-8-6-4-2)15-16-19(22)20(21)23/h15-16,22-23H,3-14,17H2,1-2H3. The Kier molecular flexibility index (Phi) is 11.2. The smallest absolute Gasteiger partial charge is 0.200 e. The SMILES string of the molecule is CCCCCCCCOc1c(CCCCCCC)ccc(O)c1O. The maximum Gasteiger partial charge on any atom is 0.200 e. The van der Waals surface area contributed by atoms with E-state index >= 15 is 0 Å². The summed E-state index contributed by atoms with van der Waals surface area (Å²) in [4.78, 5) is 0. The molecule has 0 heterocycles. The number of hydrogen-bond acceptors (Lipinski definition) is 3. The molecule has 3 nitrogen and oxygen atoms in total. The highest BCUT2D eigenvalue weighted by Gasteiger charge is 2.13. The van der Waals surface area contributed by atoms with Gasteiger partial charge in [-0.2, -0.15) is 0 Å². The van der Waals surface area contributed by atoms with Gasteiger partial charge in [-0.15, -0.1) is 0 Å².